The van der Waals surface area contributed by atoms with E-state index in [0.717, 1.165) is 17.3 Å². The summed E-state index contributed by atoms with van der Waals surface area (Å²) in [5.74, 6) is -0.670. The lowest BCUT2D eigenvalue weighted by Gasteiger charge is -2.00. The molecule has 19 heavy (non-hydrogen) atoms. The van der Waals surface area contributed by atoms with Crippen molar-refractivity contribution in [2.24, 2.45) is 0 Å². The summed E-state index contributed by atoms with van der Waals surface area (Å²) in [6, 6.07) is 2.89. The van der Waals surface area contributed by atoms with E-state index in [1.165, 1.54) is 11.8 Å². The van der Waals surface area contributed by atoms with E-state index in [4.69, 9.17) is 5.11 Å². The number of hydrogen-bond donors (Lipinski definition) is 2. The van der Waals surface area contributed by atoms with Crippen molar-refractivity contribution in [3.63, 3.8) is 0 Å². The van der Waals surface area contributed by atoms with Crippen LogP contribution in [-0.4, -0.2) is 27.1 Å². The van der Waals surface area contributed by atoms with Crippen molar-refractivity contribution < 1.29 is 14.5 Å². The number of H-pyrrole nitrogens is 1. The molecule has 0 fully saturated rings. The lowest BCUT2D eigenvalue weighted by molar-refractivity contribution is -0.686. The Labute approximate surface area is 113 Å². The number of aromatic nitrogens is 3. The number of aromatic amines is 1. The number of ketones is 1. The third-order valence-electron chi connectivity index (χ3n) is 2.47. The van der Waals surface area contributed by atoms with Gasteiger partial charge in [0.25, 0.3) is 6.33 Å². The van der Waals surface area contributed by atoms with Crippen molar-refractivity contribution in [2.45, 2.75) is 11.6 Å². The smallest absolute Gasteiger partial charge is 0.287 e. The zero-order valence-corrected chi connectivity index (χ0v) is 11.0. The first-order valence-electron chi connectivity index (χ1n) is 5.44. The van der Waals surface area contributed by atoms with E-state index in [1.807, 2.05) is 6.26 Å². The van der Waals surface area contributed by atoms with Crippen molar-refractivity contribution in [3.8, 4) is 5.75 Å². The van der Waals surface area contributed by atoms with Crippen LogP contribution in [0.25, 0.3) is 0 Å². The van der Waals surface area contributed by atoms with Crippen LogP contribution in [0.15, 0.2) is 40.7 Å². The fourth-order valence-corrected chi connectivity index (χ4v) is 1.81. The van der Waals surface area contributed by atoms with Crippen LogP contribution in [0.5, 0.6) is 5.75 Å². The summed E-state index contributed by atoms with van der Waals surface area (Å²) in [5.41, 5.74) is -0.424. The quantitative estimate of drug-likeness (QED) is 0.365. The summed E-state index contributed by atoms with van der Waals surface area (Å²) in [5, 5.41) is 9.96. The summed E-state index contributed by atoms with van der Waals surface area (Å²) < 4.78 is 1.62. The van der Waals surface area contributed by atoms with Crippen molar-refractivity contribution in [3.05, 3.63) is 46.8 Å². The zero-order valence-electron chi connectivity index (χ0n) is 10.2. The summed E-state index contributed by atoms with van der Waals surface area (Å²) in [7, 11) is 0. The van der Waals surface area contributed by atoms with Crippen LogP contribution in [0.4, 0.5) is 0 Å². The van der Waals surface area contributed by atoms with Crippen LogP contribution < -0.4 is 10.00 Å². The molecular weight excluding hydrogens is 266 g/mol. The largest absolute Gasteiger partial charge is 0.503 e. The van der Waals surface area contributed by atoms with Gasteiger partial charge in [-0.1, -0.05) is 11.8 Å². The lowest BCUT2D eigenvalue weighted by atomic mass is 10.2. The Kier molecular flexibility index (Phi) is 3.96. The standard InChI is InChI=1S/C12H11N3O3S/c1-19-12-2-3-15(7-14-12)6-11(18)8-4-9(16)10(17)5-13-8/h2-5,7H,6H2,1H3,(H-,13,16,17,18)/p+1. The van der Waals surface area contributed by atoms with E-state index in [9.17, 15) is 9.59 Å². The summed E-state index contributed by atoms with van der Waals surface area (Å²) in [6.07, 6.45) is 6.33. The predicted octanol–water partition coefficient (Wildman–Crippen LogP) is 0.368. The number of Topliss-reactive ketones (excluding diaryl/α,β-unsaturated/α-hetero) is 1. The van der Waals surface area contributed by atoms with Gasteiger partial charge in [0.2, 0.25) is 16.2 Å². The fourth-order valence-electron chi connectivity index (χ4n) is 1.46. The number of nitrogens with one attached hydrogen (secondary N) is 1. The molecule has 98 valence electrons. The molecule has 0 atom stereocenters. The topological polar surface area (TPSA) is 86.9 Å². The number of nitrogens with zero attached hydrogens (tertiary/aromatic N) is 2. The molecule has 0 amide bonds. The molecule has 0 saturated carbocycles. The first kappa shape index (κ1) is 13.3. The van der Waals surface area contributed by atoms with Gasteiger partial charge in [-0.05, 0) is 11.2 Å². The number of carbonyl (C=O) groups is 1. The summed E-state index contributed by atoms with van der Waals surface area (Å²) in [6.45, 7) is 0.0718. The number of thioether (sulfide) groups is 1. The molecule has 0 aliphatic rings. The van der Waals surface area contributed by atoms with Crippen molar-refractivity contribution in [2.75, 3.05) is 6.26 Å². The van der Waals surface area contributed by atoms with E-state index in [1.54, 1.807) is 23.2 Å². The first-order valence-corrected chi connectivity index (χ1v) is 6.66. The maximum Gasteiger partial charge on any atom is 0.287 e. The van der Waals surface area contributed by atoms with E-state index < -0.39 is 11.2 Å². The molecule has 2 N–H and O–H groups in total. The highest BCUT2D eigenvalue weighted by molar-refractivity contribution is 7.98. The van der Waals surface area contributed by atoms with Crippen molar-refractivity contribution in [1.82, 2.24) is 9.97 Å². The number of aromatic hydroxyl groups is 1. The molecule has 0 radical (unpaired) electrons. The van der Waals surface area contributed by atoms with Crippen LogP contribution >= 0.6 is 11.8 Å². The normalized spacial score (nSPS) is 10.4. The lowest BCUT2D eigenvalue weighted by Crippen LogP contribution is -2.38. The molecule has 0 unspecified atom stereocenters. The molecule has 2 aromatic rings. The molecule has 2 heterocycles. The molecule has 0 aliphatic carbocycles. The van der Waals surface area contributed by atoms with Crippen molar-refractivity contribution in [1.29, 1.82) is 0 Å². The van der Waals surface area contributed by atoms with Gasteiger partial charge in [0, 0.05) is 18.3 Å². The summed E-state index contributed by atoms with van der Waals surface area (Å²) in [4.78, 5) is 29.9. The second-order valence-corrected chi connectivity index (χ2v) is 4.62. The molecule has 0 bridgehead atoms. The minimum atomic E-state index is -0.581. The van der Waals surface area contributed by atoms with Gasteiger partial charge in [-0.15, -0.1) is 0 Å². The monoisotopic (exact) mass is 278 g/mol. The average molecular weight is 278 g/mol. The van der Waals surface area contributed by atoms with Crippen LogP contribution in [0.1, 0.15) is 10.5 Å². The van der Waals surface area contributed by atoms with E-state index >= 15 is 0 Å². The van der Waals surface area contributed by atoms with E-state index in [-0.39, 0.29) is 18.0 Å². The molecule has 2 aromatic heterocycles. The molecule has 2 rings (SSSR count). The highest BCUT2D eigenvalue weighted by atomic mass is 32.2. The Morgan fingerprint density at radius 1 is 1.58 bits per heavy atom. The van der Waals surface area contributed by atoms with Crippen LogP contribution in [0, 0.1) is 0 Å². The minimum absolute atomic E-state index is 0.0718. The van der Waals surface area contributed by atoms with Gasteiger partial charge in [0.1, 0.15) is 0 Å². The van der Waals surface area contributed by atoms with E-state index in [0.29, 0.717) is 0 Å². The third kappa shape index (κ3) is 3.19. The second kappa shape index (κ2) is 5.66. The second-order valence-electron chi connectivity index (χ2n) is 3.79. The van der Waals surface area contributed by atoms with Gasteiger partial charge in [0.15, 0.2) is 12.3 Å². The summed E-state index contributed by atoms with van der Waals surface area (Å²) >= 11 is 1.51. The van der Waals surface area contributed by atoms with Gasteiger partial charge < -0.3 is 10.1 Å². The molecular formula is C12H12N3O3S+. The molecule has 0 spiro atoms. The van der Waals surface area contributed by atoms with Gasteiger partial charge >= 0.3 is 0 Å². The Bertz CT molecular complexity index is 652. The van der Waals surface area contributed by atoms with Gasteiger partial charge in [-0.25, -0.2) is 4.57 Å². The fraction of sp³-hybridized carbons (Fsp3) is 0.167. The third-order valence-corrected chi connectivity index (χ3v) is 3.13. The maximum atomic E-state index is 11.9. The zero-order chi connectivity index (χ0) is 13.8. The number of carbonyl (C=O) groups excluding carboxylic acids is 1. The van der Waals surface area contributed by atoms with Crippen molar-refractivity contribution >= 4 is 17.5 Å². The molecule has 0 saturated heterocycles. The van der Waals surface area contributed by atoms with Crippen LogP contribution in [0.3, 0.4) is 0 Å². The number of pyridine rings is 1. The van der Waals surface area contributed by atoms with E-state index in [2.05, 4.69) is 9.97 Å². The number of hydrogen-bond acceptors (Lipinski definition) is 5. The SMILES string of the molecule is CSc1cc[n+](CC(=O)c2cc(=O)c(O)c[nH]2)cn1. The highest BCUT2D eigenvalue weighted by Crippen LogP contribution is 2.06. The average Bonchev–Trinajstić information content (AvgIpc) is 2.42. The first-order chi connectivity index (χ1) is 9.10. The number of rotatable bonds is 4. The maximum absolute atomic E-state index is 11.9. The Hall–Kier alpha value is -2.15. The predicted molar refractivity (Wildman–Crippen MR) is 69.3 cm³/mol. The van der Waals surface area contributed by atoms with Gasteiger partial charge in [-0.2, -0.15) is 0 Å². The van der Waals surface area contributed by atoms with Crippen LogP contribution in [0.2, 0.25) is 0 Å². The molecule has 0 aromatic carbocycles. The minimum Gasteiger partial charge on any atom is -0.503 e. The Morgan fingerprint density at radius 3 is 2.95 bits per heavy atom. The van der Waals surface area contributed by atoms with Crippen LogP contribution in [-0.2, 0) is 6.54 Å². The molecule has 0 aliphatic heterocycles. The van der Waals surface area contributed by atoms with Gasteiger partial charge in [0.05, 0.1) is 11.9 Å². The molecule has 7 heteroatoms. The molecule has 6 nitrogen and oxygen atoms in total. The Morgan fingerprint density at radius 2 is 2.37 bits per heavy atom. The Balaban J connectivity index is 2.15. The van der Waals surface area contributed by atoms with Gasteiger partial charge in [-0.3, -0.25) is 9.59 Å². The highest BCUT2D eigenvalue weighted by Gasteiger charge is 2.12.